The SMILES string of the molecule is COCCNCC(=O)NC(C)c1ccco1. The van der Waals surface area contributed by atoms with E-state index >= 15 is 0 Å². The van der Waals surface area contributed by atoms with Gasteiger partial charge in [-0.1, -0.05) is 0 Å². The van der Waals surface area contributed by atoms with Crippen molar-refractivity contribution >= 4 is 5.91 Å². The van der Waals surface area contributed by atoms with E-state index < -0.39 is 0 Å². The number of rotatable bonds is 7. The van der Waals surface area contributed by atoms with Crippen molar-refractivity contribution in [1.29, 1.82) is 0 Å². The number of hydrogen-bond acceptors (Lipinski definition) is 4. The number of ether oxygens (including phenoxy) is 1. The van der Waals surface area contributed by atoms with E-state index in [0.717, 1.165) is 5.76 Å². The van der Waals surface area contributed by atoms with Crippen LogP contribution in [0, 0.1) is 0 Å². The van der Waals surface area contributed by atoms with Gasteiger partial charge in [-0.15, -0.1) is 0 Å². The predicted molar refractivity (Wildman–Crippen MR) is 60.0 cm³/mol. The van der Waals surface area contributed by atoms with E-state index in [9.17, 15) is 4.79 Å². The van der Waals surface area contributed by atoms with Gasteiger partial charge in [-0.3, -0.25) is 4.79 Å². The molecular weight excluding hydrogens is 208 g/mol. The normalized spacial score (nSPS) is 12.4. The van der Waals surface area contributed by atoms with Gasteiger partial charge in [0.1, 0.15) is 5.76 Å². The smallest absolute Gasteiger partial charge is 0.234 e. The van der Waals surface area contributed by atoms with Crippen molar-refractivity contribution in [2.24, 2.45) is 0 Å². The summed E-state index contributed by atoms with van der Waals surface area (Å²) >= 11 is 0. The minimum Gasteiger partial charge on any atom is -0.467 e. The van der Waals surface area contributed by atoms with Crippen molar-refractivity contribution in [1.82, 2.24) is 10.6 Å². The molecule has 5 nitrogen and oxygen atoms in total. The summed E-state index contributed by atoms with van der Waals surface area (Å²) in [7, 11) is 1.63. The van der Waals surface area contributed by atoms with Gasteiger partial charge in [0.15, 0.2) is 0 Å². The zero-order valence-electron chi connectivity index (χ0n) is 9.66. The lowest BCUT2D eigenvalue weighted by atomic mass is 10.2. The fraction of sp³-hybridized carbons (Fsp3) is 0.545. The third kappa shape index (κ3) is 4.46. The van der Waals surface area contributed by atoms with Crippen molar-refractivity contribution < 1.29 is 13.9 Å². The van der Waals surface area contributed by atoms with E-state index in [1.165, 1.54) is 0 Å². The van der Waals surface area contributed by atoms with E-state index in [1.54, 1.807) is 19.4 Å². The average Bonchev–Trinajstić information content (AvgIpc) is 2.77. The molecule has 2 N–H and O–H groups in total. The number of amides is 1. The van der Waals surface area contributed by atoms with Gasteiger partial charge in [-0.2, -0.15) is 0 Å². The fourth-order valence-corrected chi connectivity index (χ4v) is 1.28. The number of furan rings is 1. The van der Waals surface area contributed by atoms with Crippen LogP contribution in [0.2, 0.25) is 0 Å². The molecule has 1 aromatic rings. The highest BCUT2D eigenvalue weighted by Gasteiger charge is 2.10. The van der Waals surface area contributed by atoms with Crippen molar-refractivity contribution in [3.63, 3.8) is 0 Å². The Morgan fingerprint density at radius 3 is 3.06 bits per heavy atom. The highest BCUT2D eigenvalue weighted by Crippen LogP contribution is 2.11. The lowest BCUT2D eigenvalue weighted by Gasteiger charge is -2.11. The second-order valence-corrected chi connectivity index (χ2v) is 3.47. The summed E-state index contributed by atoms with van der Waals surface area (Å²) in [5, 5.41) is 5.79. The molecule has 0 aromatic carbocycles. The molecule has 0 bridgehead atoms. The van der Waals surface area contributed by atoms with Gasteiger partial charge < -0.3 is 19.8 Å². The summed E-state index contributed by atoms with van der Waals surface area (Å²) in [4.78, 5) is 11.5. The molecule has 1 unspecified atom stereocenters. The Hall–Kier alpha value is -1.33. The first kappa shape index (κ1) is 12.7. The molecule has 0 spiro atoms. The molecule has 5 heteroatoms. The van der Waals surface area contributed by atoms with Crippen LogP contribution in [0.1, 0.15) is 18.7 Å². The summed E-state index contributed by atoms with van der Waals surface area (Å²) in [5.41, 5.74) is 0. The number of carbonyl (C=O) groups excluding carboxylic acids is 1. The standard InChI is InChI=1S/C11H18N2O3/c1-9(10-4-3-6-16-10)13-11(14)8-12-5-7-15-2/h3-4,6,9,12H,5,7-8H2,1-2H3,(H,13,14). The quantitative estimate of drug-likeness (QED) is 0.671. The van der Waals surface area contributed by atoms with Gasteiger partial charge >= 0.3 is 0 Å². The van der Waals surface area contributed by atoms with Crippen LogP contribution in [0.25, 0.3) is 0 Å². The monoisotopic (exact) mass is 226 g/mol. The third-order valence-electron chi connectivity index (χ3n) is 2.12. The van der Waals surface area contributed by atoms with Gasteiger partial charge in [-0.25, -0.2) is 0 Å². The van der Waals surface area contributed by atoms with Crippen molar-refractivity contribution in [2.45, 2.75) is 13.0 Å². The molecule has 0 saturated carbocycles. The first-order valence-electron chi connectivity index (χ1n) is 5.26. The third-order valence-corrected chi connectivity index (χ3v) is 2.12. The van der Waals surface area contributed by atoms with Gasteiger partial charge in [-0.05, 0) is 19.1 Å². The molecule has 0 aliphatic heterocycles. The molecule has 1 heterocycles. The predicted octanol–water partition coefficient (Wildman–Crippen LogP) is 0.693. The van der Waals surface area contributed by atoms with E-state index in [-0.39, 0.29) is 18.5 Å². The Morgan fingerprint density at radius 2 is 2.44 bits per heavy atom. The fourth-order valence-electron chi connectivity index (χ4n) is 1.28. The van der Waals surface area contributed by atoms with Crippen molar-refractivity contribution in [3.8, 4) is 0 Å². The van der Waals surface area contributed by atoms with Crippen LogP contribution in [0.15, 0.2) is 22.8 Å². The summed E-state index contributed by atoms with van der Waals surface area (Å²) in [6.07, 6.45) is 1.59. The van der Waals surface area contributed by atoms with E-state index in [4.69, 9.17) is 9.15 Å². The highest BCUT2D eigenvalue weighted by atomic mass is 16.5. The Balaban J connectivity index is 2.19. The zero-order chi connectivity index (χ0) is 11.8. The second kappa shape index (κ2) is 7.03. The first-order valence-corrected chi connectivity index (χ1v) is 5.26. The maximum atomic E-state index is 11.5. The Labute approximate surface area is 95.2 Å². The average molecular weight is 226 g/mol. The van der Waals surface area contributed by atoms with Crippen LogP contribution in [0.5, 0.6) is 0 Å². The van der Waals surface area contributed by atoms with Gasteiger partial charge in [0.2, 0.25) is 5.91 Å². The number of nitrogens with one attached hydrogen (secondary N) is 2. The maximum absolute atomic E-state index is 11.5. The van der Waals surface area contributed by atoms with Crippen molar-refractivity contribution in [3.05, 3.63) is 24.2 Å². The maximum Gasteiger partial charge on any atom is 0.234 e. The summed E-state index contributed by atoms with van der Waals surface area (Å²) in [6, 6.07) is 3.53. The van der Waals surface area contributed by atoms with Crippen LogP contribution in [0.4, 0.5) is 0 Å². The van der Waals surface area contributed by atoms with Gasteiger partial charge in [0.05, 0.1) is 25.5 Å². The molecule has 0 fully saturated rings. The first-order chi connectivity index (χ1) is 7.74. The van der Waals surface area contributed by atoms with Crippen LogP contribution >= 0.6 is 0 Å². The number of carbonyl (C=O) groups is 1. The molecule has 0 aliphatic rings. The molecule has 1 atom stereocenters. The minimum atomic E-state index is -0.105. The number of methoxy groups -OCH3 is 1. The Morgan fingerprint density at radius 1 is 1.62 bits per heavy atom. The van der Waals surface area contributed by atoms with Crippen LogP contribution in [-0.2, 0) is 9.53 Å². The molecule has 0 saturated heterocycles. The summed E-state index contributed by atoms with van der Waals surface area (Å²) in [5.74, 6) is 0.699. The van der Waals surface area contributed by atoms with Crippen LogP contribution in [-0.4, -0.2) is 32.7 Å². The van der Waals surface area contributed by atoms with Gasteiger partial charge in [0, 0.05) is 13.7 Å². The molecule has 1 amide bonds. The largest absolute Gasteiger partial charge is 0.467 e. The molecule has 1 aromatic heterocycles. The summed E-state index contributed by atoms with van der Waals surface area (Å²) in [6.45, 7) is 3.43. The Bertz CT molecular complexity index is 298. The number of hydrogen-bond donors (Lipinski definition) is 2. The molecule has 0 aliphatic carbocycles. The zero-order valence-corrected chi connectivity index (χ0v) is 9.66. The van der Waals surface area contributed by atoms with Gasteiger partial charge in [0.25, 0.3) is 0 Å². The molecule has 90 valence electrons. The molecular formula is C11H18N2O3. The second-order valence-electron chi connectivity index (χ2n) is 3.47. The van der Waals surface area contributed by atoms with Crippen LogP contribution in [0.3, 0.4) is 0 Å². The van der Waals surface area contributed by atoms with E-state index in [1.807, 2.05) is 13.0 Å². The lowest BCUT2D eigenvalue weighted by molar-refractivity contribution is -0.121. The van der Waals surface area contributed by atoms with E-state index in [0.29, 0.717) is 13.2 Å². The highest BCUT2D eigenvalue weighted by molar-refractivity contribution is 5.78. The van der Waals surface area contributed by atoms with Crippen molar-refractivity contribution in [2.75, 3.05) is 26.8 Å². The Kier molecular flexibility index (Phi) is 5.60. The van der Waals surface area contributed by atoms with Crippen LogP contribution < -0.4 is 10.6 Å². The molecule has 1 rings (SSSR count). The lowest BCUT2D eigenvalue weighted by Crippen LogP contribution is -2.36. The van der Waals surface area contributed by atoms with E-state index in [2.05, 4.69) is 10.6 Å². The summed E-state index contributed by atoms with van der Waals surface area (Å²) < 4.78 is 10.0. The molecule has 0 radical (unpaired) electrons. The minimum absolute atomic E-state index is 0.0556. The molecule has 16 heavy (non-hydrogen) atoms. The topological polar surface area (TPSA) is 63.5 Å².